The molecule has 4 rings (SSSR count). The van der Waals surface area contributed by atoms with Crippen molar-refractivity contribution < 1.29 is 19.0 Å². The van der Waals surface area contributed by atoms with Crippen LogP contribution in [-0.2, 0) is 6.61 Å². The molecule has 6 heteroatoms. The molecule has 0 saturated carbocycles. The second-order valence-electron chi connectivity index (χ2n) is 7.26. The molecule has 1 amide bonds. The van der Waals surface area contributed by atoms with Crippen LogP contribution in [0.2, 0.25) is 0 Å². The summed E-state index contributed by atoms with van der Waals surface area (Å²) >= 11 is 0. The van der Waals surface area contributed by atoms with Crippen molar-refractivity contribution in [2.24, 2.45) is 5.10 Å². The van der Waals surface area contributed by atoms with Crippen molar-refractivity contribution in [2.75, 3.05) is 14.2 Å². The molecule has 0 bridgehead atoms. The zero-order chi connectivity index (χ0) is 23.0. The average molecular weight is 440 g/mol. The summed E-state index contributed by atoms with van der Waals surface area (Å²) in [4.78, 5) is 12.4. The summed E-state index contributed by atoms with van der Waals surface area (Å²) in [5.74, 6) is 1.40. The molecular formula is C27H24N2O4. The Bertz CT molecular complexity index is 1280. The maximum atomic E-state index is 12.4. The molecule has 4 aromatic carbocycles. The van der Waals surface area contributed by atoms with Crippen molar-refractivity contribution >= 4 is 22.9 Å². The van der Waals surface area contributed by atoms with Gasteiger partial charge in [-0.25, -0.2) is 5.43 Å². The Labute approximate surface area is 192 Å². The molecule has 0 aliphatic rings. The smallest absolute Gasteiger partial charge is 0.275 e. The summed E-state index contributed by atoms with van der Waals surface area (Å²) in [5, 5.41) is 6.42. The maximum absolute atomic E-state index is 12.4. The van der Waals surface area contributed by atoms with Crippen molar-refractivity contribution in [1.29, 1.82) is 0 Å². The summed E-state index contributed by atoms with van der Waals surface area (Å²) < 4.78 is 16.4. The lowest BCUT2D eigenvalue weighted by Gasteiger charge is -2.09. The van der Waals surface area contributed by atoms with E-state index in [2.05, 4.69) is 34.8 Å². The number of amides is 1. The van der Waals surface area contributed by atoms with Gasteiger partial charge in [0.1, 0.15) is 23.9 Å². The zero-order valence-electron chi connectivity index (χ0n) is 18.4. The van der Waals surface area contributed by atoms with Gasteiger partial charge < -0.3 is 14.2 Å². The minimum Gasteiger partial charge on any atom is -0.497 e. The summed E-state index contributed by atoms with van der Waals surface area (Å²) in [6.07, 6.45) is 1.57. The van der Waals surface area contributed by atoms with E-state index >= 15 is 0 Å². The van der Waals surface area contributed by atoms with Crippen molar-refractivity contribution in [1.82, 2.24) is 5.43 Å². The number of nitrogens with one attached hydrogen (secondary N) is 1. The van der Waals surface area contributed by atoms with Crippen LogP contribution in [0.3, 0.4) is 0 Å². The monoisotopic (exact) mass is 440 g/mol. The van der Waals surface area contributed by atoms with Gasteiger partial charge in [-0.3, -0.25) is 4.79 Å². The lowest BCUT2D eigenvalue weighted by atomic mass is 10.1. The van der Waals surface area contributed by atoms with Gasteiger partial charge in [-0.05, 0) is 58.3 Å². The highest BCUT2D eigenvalue weighted by Gasteiger charge is 2.12. The number of hydrazone groups is 1. The Morgan fingerprint density at radius 2 is 1.64 bits per heavy atom. The van der Waals surface area contributed by atoms with Gasteiger partial charge in [0.2, 0.25) is 0 Å². The van der Waals surface area contributed by atoms with E-state index in [-0.39, 0.29) is 5.91 Å². The van der Waals surface area contributed by atoms with Crippen LogP contribution in [0.5, 0.6) is 17.2 Å². The van der Waals surface area contributed by atoms with Crippen LogP contribution in [0.4, 0.5) is 0 Å². The molecule has 6 nitrogen and oxygen atoms in total. The highest BCUT2D eigenvalue weighted by Crippen LogP contribution is 2.24. The molecule has 166 valence electrons. The van der Waals surface area contributed by atoms with Crippen LogP contribution in [0.15, 0.2) is 90.0 Å². The van der Waals surface area contributed by atoms with E-state index in [1.165, 1.54) is 17.9 Å². The number of fused-ring (bicyclic) bond motifs is 1. The Balaban J connectivity index is 1.35. The fourth-order valence-electron chi connectivity index (χ4n) is 3.44. The van der Waals surface area contributed by atoms with Crippen molar-refractivity contribution in [3.63, 3.8) is 0 Å². The molecule has 0 atom stereocenters. The van der Waals surface area contributed by atoms with Gasteiger partial charge in [0.05, 0.1) is 26.0 Å². The molecule has 0 spiro atoms. The summed E-state index contributed by atoms with van der Waals surface area (Å²) in [5.41, 5.74) is 4.85. The van der Waals surface area contributed by atoms with Crippen LogP contribution in [-0.4, -0.2) is 26.3 Å². The molecule has 0 heterocycles. The second kappa shape index (κ2) is 10.3. The first kappa shape index (κ1) is 21.9. The largest absolute Gasteiger partial charge is 0.497 e. The Kier molecular flexibility index (Phi) is 6.85. The molecule has 33 heavy (non-hydrogen) atoms. The van der Waals surface area contributed by atoms with E-state index in [0.717, 1.165) is 16.9 Å². The SMILES string of the molecule is COc1ccc(C(=O)N/N=C\c2ccc(OCc3cccc4ccccc34)cc2)c(OC)c1. The molecule has 1 N–H and O–H groups in total. The molecule has 0 aromatic heterocycles. The predicted molar refractivity (Wildman–Crippen MR) is 129 cm³/mol. The number of carbonyl (C=O) groups excluding carboxylic acids is 1. The Morgan fingerprint density at radius 3 is 2.42 bits per heavy atom. The lowest BCUT2D eigenvalue weighted by Crippen LogP contribution is -2.18. The van der Waals surface area contributed by atoms with Crippen molar-refractivity contribution in [2.45, 2.75) is 6.61 Å². The highest BCUT2D eigenvalue weighted by molar-refractivity contribution is 5.97. The zero-order valence-corrected chi connectivity index (χ0v) is 18.4. The number of hydrogen-bond donors (Lipinski definition) is 1. The topological polar surface area (TPSA) is 69.2 Å². The average Bonchev–Trinajstić information content (AvgIpc) is 2.87. The number of benzene rings is 4. The van der Waals surface area contributed by atoms with Crippen LogP contribution < -0.4 is 19.6 Å². The van der Waals surface area contributed by atoms with Crippen LogP contribution in [0.25, 0.3) is 10.8 Å². The van der Waals surface area contributed by atoms with Gasteiger partial charge in [-0.15, -0.1) is 0 Å². The van der Waals surface area contributed by atoms with E-state index in [1.54, 1.807) is 31.5 Å². The molecule has 0 saturated heterocycles. The molecule has 0 fully saturated rings. The minimum atomic E-state index is -0.374. The fourth-order valence-corrected chi connectivity index (χ4v) is 3.44. The predicted octanol–water partition coefficient (Wildman–Crippen LogP) is 5.20. The number of nitrogens with zero attached hydrogens (tertiary/aromatic N) is 1. The Morgan fingerprint density at radius 1 is 0.879 bits per heavy atom. The van der Waals surface area contributed by atoms with Gasteiger partial charge in [-0.1, -0.05) is 42.5 Å². The normalized spacial score (nSPS) is 10.8. The number of ether oxygens (including phenoxy) is 3. The first-order chi connectivity index (χ1) is 16.2. The standard InChI is InChI=1S/C27H24N2O4/c1-31-23-14-15-25(26(16-23)32-2)27(30)29-28-17-19-10-12-22(13-11-19)33-18-21-8-5-7-20-6-3-4-9-24(20)21/h3-17H,18H2,1-2H3,(H,29,30)/b28-17-. The number of hydrogen-bond acceptors (Lipinski definition) is 5. The molecule has 4 aromatic rings. The minimum absolute atomic E-state index is 0.368. The first-order valence-electron chi connectivity index (χ1n) is 10.4. The van der Waals surface area contributed by atoms with E-state index < -0.39 is 0 Å². The van der Waals surface area contributed by atoms with Crippen LogP contribution in [0, 0.1) is 0 Å². The van der Waals surface area contributed by atoms with Gasteiger partial charge >= 0.3 is 0 Å². The third-order valence-electron chi connectivity index (χ3n) is 5.19. The summed E-state index contributed by atoms with van der Waals surface area (Å²) in [6.45, 7) is 0.481. The second-order valence-corrected chi connectivity index (χ2v) is 7.26. The molecule has 0 aliphatic heterocycles. The van der Waals surface area contributed by atoms with Crippen LogP contribution >= 0.6 is 0 Å². The van der Waals surface area contributed by atoms with Crippen molar-refractivity contribution in [3.8, 4) is 17.2 Å². The van der Waals surface area contributed by atoms with Gasteiger partial charge in [0.25, 0.3) is 5.91 Å². The van der Waals surface area contributed by atoms with Gasteiger partial charge in [0.15, 0.2) is 0 Å². The maximum Gasteiger partial charge on any atom is 0.275 e. The van der Waals surface area contributed by atoms with Gasteiger partial charge in [-0.2, -0.15) is 5.10 Å². The highest BCUT2D eigenvalue weighted by atomic mass is 16.5. The summed E-state index contributed by atoms with van der Waals surface area (Å²) in [7, 11) is 3.05. The molecular weight excluding hydrogens is 416 g/mol. The van der Waals surface area contributed by atoms with E-state index in [4.69, 9.17) is 14.2 Å². The van der Waals surface area contributed by atoms with Crippen LogP contribution in [0.1, 0.15) is 21.5 Å². The molecule has 0 unspecified atom stereocenters. The van der Waals surface area contributed by atoms with Crippen molar-refractivity contribution in [3.05, 3.63) is 102 Å². The lowest BCUT2D eigenvalue weighted by molar-refractivity contribution is 0.0952. The quantitative estimate of drug-likeness (QED) is 0.302. The molecule has 0 aliphatic carbocycles. The number of methoxy groups -OCH3 is 2. The van der Waals surface area contributed by atoms with Gasteiger partial charge in [0, 0.05) is 6.07 Å². The summed E-state index contributed by atoms with van der Waals surface area (Å²) in [6, 6.07) is 26.9. The van der Waals surface area contributed by atoms with E-state index in [1.807, 2.05) is 42.5 Å². The number of rotatable bonds is 8. The fraction of sp³-hybridized carbons (Fsp3) is 0.111. The molecule has 0 radical (unpaired) electrons. The third kappa shape index (κ3) is 5.30. The van der Waals surface area contributed by atoms with E-state index in [9.17, 15) is 4.79 Å². The Hall–Kier alpha value is -4.32. The first-order valence-corrected chi connectivity index (χ1v) is 10.4. The number of carbonyl (C=O) groups is 1. The third-order valence-corrected chi connectivity index (χ3v) is 5.19. The van der Waals surface area contributed by atoms with E-state index in [0.29, 0.717) is 23.7 Å².